The highest BCUT2D eigenvalue weighted by molar-refractivity contribution is 6.07. The zero-order valence-corrected chi connectivity index (χ0v) is 11.0. The number of rotatable bonds is 6. The van der Waals surface area contributed by atoms with Crippen LogP contribution in [0.4, 0.5) is 0 Å². The molecule has 2 rings (SSSR count). The van der Waals surface area contributed by atoms with Crippen molar-refractivity contribution < 1.29 is 14.4 Å². The molecular formula is C14H17N3O3. The summed E-state index contributed by atoms with van der Waals surface area (Å²) in [6.45, 7) is 0.531. The highest BCUT2D eigenvalue weighted by Gasteiger charge is 2.34. The molecule has 0 saturated carbocycles. The van der Waals surface area contributed by atoms with Crippen molar-refractivity contribution in [2.45, 2.75) is 19.3 Å². The van der Waals surface area contributed by atoms with E-state index in [1.165, 1.54) is 5.56 Å². The highest BCUT2D eigenvalue weighted by Crippen LogP contribution is 2.07. The molecule has 0 spiro atoms. The molecule has 0 bridgehead atoms. The summed E-state index contributed by atoms with van der Waals surface area (Å²) in [6.07, 6.45) is 1.59. The maximum absolute atomic E-state index is 11.6. The van der Waals surface area contributed by atoms with Gasteiger partial charge in [0, 0.05) is 13.0 Å². The van der Waals surface area contributed by atoms with E-state index in [0.717, 1.165) is 12.8 Å². The van der Waals surface area contributed by atoms with Gasteiger partial charge in [0.25, 0.3) is 11.8 Å². The Kier molecular flexibility index (Phi) is 4.70. The topological polar surface area (TPSA) is 87.3 Å². The molecule has 1 aromatic carbocycles. The van der Waals surface area contributed by atoms with E-state index in [2.05, 4.69) is 16.2 Å². The lowest BCUT2D eigenvalue weighted by Gasteiger charge is -2.07. The van der Waals surface area contributed by atoms with Gasteiger partial charge in [0.15, 0.2) is 0 Å². The molecule has 3 N–H and O–H groups in total. The Morgan fingerprint density at radius 2 is 1.75 bits per heavy atom. The van der Waals surface area contributed by atoms with Crippen LogP contribution in [0.1, 0.15) is 18.4 Å². The Morgan fingerprint density at radius 1 is 1.10 bits per heavy atom. The minimum Gasteiger partial charge on any atom is -0.356 e. The monoisotopic (exact) mass is 275 g/mol. The molecule has 0 aliphatic carbocycles. The van der Waals surface area contributed by atoms with Gasteiger partial charge in [0.1, 0.15) is 5.92 Å². The molecule has 106 valence electrons. The fourth-order valence-corrected chi connectivity index (χ4v) is 2.02. The second-order valence-electron chi connectivity index (χ2n) is 4.67. The number of hydrogen-bond donors (Lipinski definition) is 3. The molecule has 1 fully saturated rings. The van der Waals surface area contributed by atoms with Crippen molar-refractivity contribution in [2.75, 3.05) is 6.54 Å². The summed E-state index contributed by atoms with van der Waals surface area (Å²) >= 11 is 0. The predicted octanol–water partition coefficient (Wildman–Crippen LogP) is -0.0973. The molecule has 1 heterocycles. The molecular weight excluding hydrogens is 258 g/mol. The molecule has 6 nitrogen and oxygen atoms in total. The van der Waals surface area contributed by atoms with Crippen LogP contribution in [0.15, 0.2) is 30.3 Å². The van der Waals surface area contributed by atoms with Gasteiger partial charge in [-0.05, 0) is 18.4 Å². The average molecular weight is 275 g/mol. The molecule has 1 saturated heterocycles. The van der Waals surface area contributed by atoms with E-state index >= 15 is 0 Å². The molecule has 20 heavy (non-hydrogen) atoms. The minimum atomic E-state index is -0.913. The molecule has 1 aliphatic rings. The van der Waals surface area contributed by atoms with Gasteiger partial charge in [-0.3, -0.25) is 25.2 Å². The second kappa shape index (κ2) is 6.70. The first kappa shape index (κ1) is 14.0. The lowest BCUT2D eigenvalue weighted by Crippen LogP contribution is -2.31. The Balaban J connectivity index is 1.65. The summed E-state index contributed by atoms with van der Waals surface area (Å²) in [6, 6.07) is 9.99. The molecule has 1 aromatic rings. The first-order valence-electron chi connectivity index (χ1n) is 6.57. The summed E-state index contributed by atoms with van der Waals surface area (Å²) in [4.78, 5) is 34.2. The number of hydrogen-bond acceptors (Lipinski definition) is 3. The zero-order valence-electron chi connectivity index (χ0n) is 11.0. The first-order chi connectivity index (χ1) is 9.66. The van der Waals surface area contributed by atoms with Crippen LogP contribution in [-0.4, -0.2) is 24.3 Å². The van der Waals surface area contributed by atoms with Crippen LogP contribution in [-0.2, 0) is 20.8 Å². The Morgan fingerprint density at radius 3 is 2.40 bits per heavy atom. The van der Waals surface area contributed by atoms with Gasteiger partial charge in [0.05, 0.1) is 0 Å². The van der Waals surface area contributed by atoms with Gasteiger partial charge in [-0.15, -0.1) is 0 Å². The number of nitrogens with one attached hydrogen (secondary N) is 3. The van der Waals surface area contributed by atoms with E-state index < -0.39 is 17.7 Å². The molecule has 1 aliphatic heterocycles. The minimum absolute atomic E-state index is 0.108. The van der Waals surface area contributed by atoms with Gasteiger partial charge < -0.3 is 5.32 Å². The van der Waals surface area contributed by atoms with Crippen molar-refractivity contribution in [3.63, 3.8) is 0 Å². The van der Waals surface area contributed by atoms with Crippen molar-refractivity contribution in [1.82, 2.24) is 16.2 Å². The summed E-state index contributed by atoms with van der Waals surface area (Å²) in [5.41, 5.74) is 5.61. The maximum Gasteiger partial charge on any atom is 0.251 e. The van der Waals surface area contributed by atoms with Crippen LogP contribution in [0.2, 0.25) is 0 Å². The quantitative estimate of drug-likeness (QED) is 0.500. The molecule has 3 amide bonds. The Bertz CT molecular complexity index is 486. The summed E-state index contributed by atoms with van der Waals surface area (Å²) in [7, 11) is 0. The highest BCUT2D eigenvalue weighted by atomic mass is 16.2. The number of amides is 3. The standard InChI is InChI=1S/C14H17N3O3/c18-12(9-11-13(19)16-17-14(11)20)15-8-4-7-10-5-2-1-3-6-10/h1-3,5-6,11H,4,7-9H2,(H,15,18)(H,16,19)(H,17,20). The molecule has 0 unspecified atom stereocenters. The van der Waals surface area contributed by atoms with Gasteiger partial charge in [0.2, 0.25) is 5.91 Å². The van der Waals surface area contributed by atoms with Crippen LogP contribution >= 0.6 is 0 Å². The van der Waals surface area contributed by atoms with Crippen molar-refractivity contribution in [3.05, 3.63) is 35.9 Å². The van der Waals surface area contributed by atoms with Crippen LogP contribution in [0.3, 0.4) is 0 Å². The lowest BCUT2D eigenvalue weighted by molar-refractivity contribution is -0.133. The fraction of sp³-hybridized carbons (Fsp3) is 0.357. The van der Waals surface area contributed by atoms with E-state index in [9.17, 15) is 14.4 Å². The third kappa shape index (κ3) is 3.81. The normalized spacial score (nSPS) is 14.8. The predicted molar refractivity (Wildman–Crippen MR) is 72.2 cm³/mol. The zero-order chi connectivity index (χ0) is 14.4. The summed E-state index contributed by atoms with van der Waals surface area (Å²) in [5, 5.41) is 2.72. The van der Waals surface area contributed by atoms with Crippen molar-refractivity contribution >= 4 is 17.7 Å². The molecule has 0 atom stereocenters. The number of carbonyl (C=O) groups is 3. The van der Waals surface area contributed by atoms with E-state index in [1.54, 1.807) is 0 Å². The van der Waals surface area contributed by atoms with Crippen LogP contribution in [0.25, 0.3) is 0 Å². The van der Waals surface area contributed by atoms with Gasteiger partial charge in [-0.1, -0.05) is 30.3 Å². The van der Waals surface area contributed by atoms with Gasteiger partial charge in [-0.25, -0.2) is 0 Å². The maximum atomic E-state index is 11.6. The lowest BCUT2D eigenvalue weighted by atomic mass is 10.1. The summed E-state index contributed by atoms with van der Waals surface area (Å²) < 4.78 is 0. The van der Waals surface area contributed by atoms with Crippen LogP contribution in [0, 0.1) is 5.92 Å². The number of aryl methyl sites for hydroxylation is 1. The van der Waals surface area contributed by atoms with E-state index in [0.29, 0.717) is 6.54 Å². The molecule has 0 aromatic heterocycles. The van der Waals surface area contributed by atoms with Crippen LogP contribution < -0.4 is 16.2 Å². The van der Waals surface area contributed by atoms with Crippen molar-refractivity contribution in [1.29, 1.82) is 0 Å². The van der Waals surface area contributed by atoms with Crippen LogP contribution in [0.5, 0.6) is 0 Å². The van der Waals surface area contributed by atoms with Crippen molar-refractivity contribution in [2.24, 2.45) is 5.92 Å². The largest absolute Gasteiger partial charge is 0.356 e. The number of carbonyl (C=O) groups excluding carboxylic acids is 3. The van der Waals surface area contributed by atoms with E-state index in [-0.39, 0.29) is 12.3 Å². The van der Waals surface area contributed by atoms with Gasteiger partial charge in [-0.2, -0.15) is 0 Å². The summed E-state index contributed by atoms with van der Waals surface area (Å²) in [5.74, 6) is -2.09. The SMILES string of the molecule is O=C(CC1C(=O)NNC1=O)NCCCc1ccccc1. The fourth-order valence-electron chi connectivity index (χ4n) is 2.02. The molecule has 6 heteroatoms. The number of hydrazine groups is 1. The average Bonchev–Trinajstić information content (AvgIpc) is 2.77. The Labute approximate surface area is 116 Å². The van der Waals surface area contributed by atoms with Crippen molar-refractivity contribution in [3.8, 4) is 0 Å². The third-order valence-electron chi connectivity index (χ3n) is 3.14. The van der Waals surface area contributed by atoms with E-state index in [4.69, 9.17) is 0 Å². The second-order valence-corrected chi connectivity index (χ2v) is 4.67. The van der Waals surface area contributed by atoms with Gasteiger partial charge >= 0.3 is 0 Å². The Hall–Kier alpha value is -2.37. The molecule has 0 radical (unpaired) electrons. The smallest absolute Gasteiger partial charge is 0.251 e. The van der Waals surface area contributed by atoms with E-state index in [1.807, 2.05) is 30.3 Å². The number of benzene rings is 1. The first-order valence-corrected chi connectivity index (χ1v) is 6.57. The third-order valence-corrected chi connectivity index (χ3v) is 3.14.